The minimum absolute atomic E-state index is 0.378. The van der Waals surface area contributed by atoms with Crippen LogP contribution in [0.25, 0.3) is 0 Å². The van der Waals surface area contributed by atoms with Crippen molar-refractivity contribution < 1.29 is 19.2 Å². The van der Waals surface area contributed by atoms with E-state index in [0.717, 1.165) is 0 Å². The van der Waals surface area contributed by atoms with E-state index in [1.54, 1.807) is 19.9 Å². The van der Waals surface area contributed by atoms with Gasteiger partial charge < -0.3 is 0 Å². The van der Waals surface area contributed by atoms with Crippen molar-refractivity contribution in [2.75, 3.05) is 0 Å². The second-order valence-electron chi connectivity index (χ2n) is 5.34. The predicted octanol–water partition coefficient (Wildman–Crippen LogP) is 1.99. The van der Waals surface area contributed by atoms with Gasteiger partial charge in [-0.1, -0.05) is 6.07 Å². The van der Waals surface area contributed by atoms with Crippen LogP contribution in [0.1, 0.15) is 36.1 Å². The lowest BCUT2D eigenvalue weighted by atomic mass is 9.88. The fourth-order valence-electron chi connectivity index (χ4n) is 2.52. The molecule has 0 radical (unpaired) electrons. The molecule has 0 aliphatic carbocycles. The summed E-state index contributed by atoms with van der Waals surface area (Å²) in [5.74, 6) is 0. The van der Waals surface area contributed by atoms with Crippen molar-refractivity contribution in [3.63, 3.8) is 0 Å². The molecule has 122 valence electrons. The summed E-state index contributed by atoms with van der Waals surface area (Å²) in [6, 6.07) is 3.23. The number of benzene rings is 1. The van der Waals surface area contributed by atoms with E-state index in [1.807, 2.05) is 0 Å². The number of isocyanates is 4. The van der Waals surface area contributed by atoms with E-state index in [2.05, 4.69) is 20.0 Å². The number of aryl methyl sites for hydroxylation is 2. The van der Waals surface area contributed by atoms with Gasteiger partial charge in [-0.25, -0.2) is 19.2 Å². The number of hydrogen-bond acceptors (Lipinski definition) is 8. The molecule has 0 atom stereocenters. The maximum Gasteiger partial charge on any atom is 0.237 e. The van der Waals surface area contributed by atoms with Gasteiger partial charge in [-0.15, -0.1) is 0 Å². The van der Waals surface area contributed by atoms with Crippen LogP contribution in [0.4, 0.5) is 0 Å². The predicted molar refractivity (Wildman–Crippen MR) is 83.1 cm³/mol. The molecule has 0 saturated heterocycles. The number of nitrogens with zero attached hydrogens (tertiary/aromatic N) is 4. The van der Waals surface area contributed by atoms with Gasteiger partial charge in [0.1, 0.15) is 0 Å². The van der Waals surface area contributed by atoms with E-state index in [-0.39, 0.29) is 0 Å². The van der Waals surface area contributed by atoms with Gasteiger partial charge in [-0.3, -0.25) is 0 Å². The maximum atomic E-state index is 10.7. The zero-order valence-electron chi connectivity index (χ0n) is 13.6. The molecule has 0 spiro atoms. The molecule has 8 nitrogen and oxygen atoms in total. The molecule has 0 amide bonds. The molecule has 1 aromatic carbocycles. The first-order chi connectivity index (χ1) is 11.3. The number of aliphatic imine (C=N–C) groups is 4. The van der Waals surface area contributed by atoms with E-state index in [0.29, 0.717) is 22.3 Å². The van der Waals surface area contributed by atoms with Crippen molar-refractivity contribution in [2.24, 2.45) is 20.0 Å². The molecule has 0 saturated carbocycles. The highest BCUT2D eigenvalue weighted by atomic mass is 16.1. The lowest BCUT2D eigenvalue weighted by Crippen LogP contribution is -2.22. The van der Waals surface area contributed by atoms with Crippen molar-refractivity contribution in [3.8, 4) is 0 Å². The normalized spacial score (nSPS) is 14.5. The van der Waals surface area contributed by atoms with E-state index < -0.39 is 11.3 Å². The highest BCUT2D eigenvalue weighted by Crippen LogP contribution is 2.36. The Kier molecular flexibility index (Phi) is 5.74. The summed E-state index contributed by atoms with van der Waals surface area (Å²) in [7, 11) is 0. The van der Waals surface area contributed by atoms with E-state index in [4.69, 9.17) is 0 Å². The third kappa shape index (κ3) is 3.55. The van der Waals surface area contributed by atoms with Gasteiger partial charge in [0.15, 0.2) is 11.3 Å². The fraction of sp³-hybridized carbons (Fsp3) is 0.375. The number of hydrogen-bond donors (Lipinski definition) is 0. The Morgan fingerprint density at radius 2 is 0.958 bits per heavy atom. The molecule has 0 aliphatic heterocycles. The average molecular weight is 326 g/mol. The minimum atomic E-state index is -1.55. The number of carbonyl (C=O) groups excluding carboxylic acids is 4. The minimum Gasteiger partial charge on any atom is -0.211 e. The molecule has 0 N–H and O–H groups in total. The zero-order chi connectivity index (χ0) is 18.4. The van der Waals surface area contributed by atoms with Crippen LogP contribution in [0, 0.1) is 13.8 Å². The summed E-state index contributed by atoms with van der Waals surface area (Å²) in [6.07, 6.45) is 5.49. The van der Waals surface area contributed by atoms with Gasteiger partial charge in [0.05, 0.1) is 0 Å². The summed E-state index contributed by atoms with van der Waals surface area (Å²) in [6.45, 7) is 6.31. The summed E-state index contributed by atoms with van der Waals surface area (Å²) in [5.41, 5.74) is -1.00. The molecule has 24 heavy (non-hydrogen) atoms. The fourth-order valence-corrected chi connectivity index (χ4v) is 2.52. The van der Waals surface area contributed by atoms with E-state index in [1.165, 1.54) is 44.2 Å². The smallest absolute Gasteiger partial charge is 0.211 e. The van der Waals surface area contributed by atoms with Crippen LogP contribution in [-0.2, 0) is 30.5 Å². The monoisotopic (exact) mass is 326 g/mol. The van der Waals surface area contributed by atoms with Gasteiger partial charge in [0.2, 0.25) is 24.3 Å². The van der Waals surface area contributed by atoms with Crippen LogP contribution in [0.5, 0.6) is 0 Å². The highest BCUT2D eigenvalue weighted by Gasteiger charge is 2.33. The topological polar surface area (TPSA) is 118 Å². The third-order valence-electron chi connectivity index (χ3n) is 3.65. The molecule has 0 aliphatic rings. The molecule has 0 heterocycles. The first-order valence-electron chi connectivity index (χ1n) is 6.76. The summed E-state index contributed by atoms with van der Waals surface area (Å²) >= 11 is 0. The Morgan fingerprint density at radius 1 is 0.667 bits per heavy atom. The Hall–Kier alpha value is -3.26. The van der Waals surface area contributed by atoms with Crippen molar-refractivity contribution >= 4 is 24.3 Å². The van der Waals surface area contributed by atoms with Crippen LogP contribution in [0.2, 0.25) is 0 Å². The lowest BCUT2D eigenvalue weighted by Gasteiger charge is -2.25. The van der Waals surface area contributed by atoms with Crippen LogP contribution >= 0.6 is 0 Å². The summed E-state index contributed by atoms with van der Waals surface area (Å²) < 4.78 is 0. The standard InChI is InChI=1S/C16H14N4O4/c1-11-5-12(2)14(16(4,19-9-23)20-10-24)6-13(11)15(3,17-7-21)18-8-22/h5-6H,1-4H3. The molecule has 0 bridgehead atoms. The SMILES string of the molecule is Cc1cc(C)c(C(C)(N=C=O)N=C=O)cc1C(C)(N=C=O)N=C=O. The molecule has 1 rings (SSSR count). The quantitative estimate of drug-likeness (QED) is 0.586. The molecular weight excluding hydrogens is 312 g/mol. The van der Waals surface area contributed by atoms with Crippen molar-refractivity contribution in [1.29, 1.82) is 0 Å². The van der Waals surface area contributed by atoms with E-state index in [9.17, 15) is 19.2 Å². The van der Waals surface area contributed by atoms with Crippen LogP contribution in [-0.4, -0.2) is 24.3 Å². The van der Waals surface area contributed by atoms with Crippen LogP contribution in [0.3, 0.4) is 0 Å². The molecular formula is C16H14N4O4. The molecule has 0 unspecified atom stereocenters. The first kappa shape index (κ1) is 18.8. The average Bonchev–Trinajstić information content (AvgIpc) is 2.47. The summed E-state index contributed by atoms with van der Waals surface area (Å²) in [4.78, 5) is 57.1. The van der Waals surface area contributed by atoms with E-state index >= 15 is 0 Å². The molecule has 1 aromatic rings. The van der Waals surface area contributed by atoms with Crippen molar-refractivity contribution in [3.05, 3.63) is 34.4 Å². The second-order valence-corrected chi connectivity index (χ2v) is 5.34. The summed E-state index contributed by atoms with van der Waals surface area (Å²) in [5, 5.41) is 0. The Bertz CT molecular complexity index is 748. The maximum absolute atomic E-state index is 10.7. The van der Waals surface area contributed by atoms with Gasteiger partial charge in [0.25, 0.3) is 0 Å². The Labute approximate surface area is 137 Å². The van der Waals surface area contributed by atoms with Crippen molar-refractivity contribution in [1.82, 2.24) is 0 Å². The molecule has 8 heteroatoms. The third-order valence-corrected chi connectivity index (χ3v) is 3.65. The van der Waals surface area contributed by atoms with Gasteiger partial charge >= 0.3 is 0 Å². The van der Waals surface area contributed by atoms with Crippen LogP contribution in [0.15, 0.2) is 32.1 Å². The zero-order valence-corrected chi connectivity index (χ0v) is 13.6. The van der Waals surface area contributed by atoms with Gasteiger partial charge in [-0.05, 0) is 44.9 Å². The van der Waals surface area contributed by atoms with Crippen molar-refractivity contribution in [2.45, 2.75) is 39.0 Å². The largest absolute Gasteiger partial charge is 0.237 e. The van der Waals surface area contributed by atoms with Gasteiger partial charge in [0, 0.05) is 11.1 Å². The highest BCUT2D eigenvalue weighted by molar-refractivity contribution is 5.50. The first-order valence-corrected chi connectivity index (χ1v) is 6.76. The lowest BCUT2D eigenvalue weighted by molar-refractivity contribution is 0.479. The molecule has 0 fully saturated rings. The molecule has 0 aromatic heterocycles. The van der Waals surface area contributed by atoms with Gasteiger partial charge in [-0.2, -0.15) is 20.0 Å². The second kappa shape index (κ2) is 7.34. The van der Waals surface area contributed by atoms with Crippen LogP contribution < -0.4 is 0 Å². The Morgan fingerprint density at radius 3 is 1.21 bits per heavy atom. The Balaban J connectivity index is 3.87. The number of rotatable bonds is 6.